The Morgan fingerprint density at radius 3 is 2.60 bits per heavy atom. The molecule has 2 aliphatic rings. The third-order valence-corrected chi connectivity index (χ3v) is 8.32. The number of aryl methyl sites for hydroxylation is 1. The van der Waals surface area contributed by atoms with Gasteiger partial charge in [0.25, 0.3) is 0 Å². The highest BCUT2D eigenvalue weighted by Crippen LogP contribution is 2.50. The maximum Gasteiger partial charge on any atom is 0.222 e. The van der Waals surface area contributed by atoms with Crippen molar-refractivity contribution in [2.45, 2.75) is 34.9 Å². The summed E-state index contributed by atoms with van der Waals surface area (Å²) in [5.74, 6) is -0.755. The van der Waals surface area contributed by atoms with Crippen LogP contribution in [-0.2, 0) is 25.8 Å². The van der Waals surface area contributed by atoms with Crippen LogP contribution in [0.25, 0.3) is 0 Å². The van der Waals surface area contributed by atoms with Gasteiger partial charge >= 0.3 is 0 Å². The second-order valence-corrected chi connectivity index (χ2v) is 9.94. The average Bonchev–Trinajstić information content (AvgIpc) is 2.93. The van der Waals surface area contributed by atoms with Crippen molar-refractivity contribution in [3.63, 3.8) is 0 Å². The van der Waals surface area contributed by atoms with Gasteiger partial charge in [-0.3, -0.25) is 4.79 Å². The molecule has 7 heteroatoms. The Morgan fingerprint density at radius 1 is 1.16 bits per heavy atom. The summed E-state index contributed by atoms with van der Waals surface area (Å²) in [5.41, 5.74) is 1.65. The van der Waals surface area contributed by atoms with Crippen LogP contribution in [0.4, 0.5) is 4.39 Å². The van der Waals surface area contributed by atoms with Gasteiger partial charge in [0.05, 0.1) is 17.4 Å². The molecular formula is C18H15FINO3S. The molecule has 0 aromatic heterocycles. The molecule has 2 aromatic carbocycles. The van der Waals surface area contributed by atoms with E-state index in [4.69, 9.17) is 0 Å². The van der Waals surface area contributed by atoms with Crippen molar-refractivity contribution >= 4 is 38.3 Å². The first kappa shape index (κ1) is 17.0. The standard InChI is InChI=1S/C18H15FINO3S/c19-12-2-5-14(6-3-12)25(23,24)18-10-17(22)21-16(18)8-1-11-9-13(20)4-7-15(11)18/h2-7,9,16H,1,8,10H2,(H,21,22). The molecule has 2 atom stereocenters. The number of benzene rings is 2. The Morgan fingerprint density at radius 2 is 1.88 bits per heavy atom. The maximum absolute atomic E-state index is 13.6. The monoisotopic (exact) mass is 471 g/mol. The van der Waals surface area contributed by atoms with Crippen LogP contribution in [-0.4, -0.2) is 20.4 Å². The fourth-order valence-electron chi connectivity index (χ4n) is 4.04. The van der Waals surface area contributed by atoms with Gasteiger partial charge in [-0.1, -0.05) is 6.07 Å². The molecule has 25 heavy (non-hydrogen) atoms. The molecular weight excluding hydrogens is 456 g/mol. The average molecular weight is 471 g/mol. The molecule has 4 rings (SSSR count). The molecule has 4 nitrogen and oxygen atoms in total. The molecule has 1 amide bonds. The minimum atomic E-state index is -3.89. The highest BCUT2D eigenvalue weighted by atomic mass is 127. The van der Waals surface area contributed by atoms with Gasteiger partial charge in [0.2, 0.25) is 5.91 Å². The normalized spacial score (nSPS) is 25.2. The van der Waals surface area contributed by atoms with Gasteiger partial charge in [-0.05, 0) is 83.0 Å². The quantitative estimate of drug-likeness (QED) is 0.542. The second kappa shape index (κ2) is 5.77. The summed E-state index contributed by atoms with van der Waals surface area (Å²) in [6.45, 7) is 0. The smallest absolute Gasteiger partial charge is 0.222 e. The largest absolute Gasteiger partial charge is 0.351 e. The number of amides is 1. The summed E-state index contributed by atoms with van der Waals surface area (Å²) in [6, 6.07) is 10.0. The van der Waals surface area contributed by atoms with Gasteiger partial charge in [0.1, 0.15) is 10.6 Å². The van der Waals surface area contributed by atoms with Crippen LogP contribution in [0.3, 0.4) is 0 Å². The van der Waals surface area contributed by atoms with Crippen molar-refractivity contribution in [1.82, 2.24) is 5.32 Å². The molecule has 1 saturated heterocycles. The number of rotatable bonds is 2. The second-order valence-electron chi connectivity index (χ2n) is 6.48. The molecule has 0 saturated carbocycles. The predicted molar refractivity (Wildman–Crippen MR) is 99.3 cm³/mol. The van der Waals surface area contributed by atoms with Gasteiger partial charge in [-0.2, -0.15) is 0 Å². The lowest BCUT2D eigenvalue weighted by molar-refractivity contribution is -0.119. The number of carbonyl (C=O) groups excluding carboxylic acids is 1. The molecule has 2 aromatic rings. The van der Waals surface area contributed by atoms with Crippen molar-refractivity contribution in [3.05, 3.63) is 63.0 Å². The van der Waals surface area contributed by atoms with Crippen LogP contribution < -0.4 is 5.32 Å². The van der Waals surface area contributed by atoms with Crippen LogP contribution in [0, 0.1) is 9.39 Å². The van der Waals surface area contributed by atoms with Gasteiger partial charge in [-0.15, -0.1) is 0 Å². The van der Waals surface area contributed by atoms with E-state index in [0.717, 1.165) is 27.7 Å². The zero-order chi connectivity index (χ0) is 17.8. The third-order valence-electron chi connectivity index (χ3n) is 5.15. The summed E-state index contributed by atoms with van der Waals surface area (Å²) in [7, 11) is -3.89. The van der Waals surface area contributed by atoms with Gasteiger partial charge in [0, 0.05) is 3.57 Å². The molecule has 0 radical (unpaired) electrons. The SMILES string of the molecule is O=C1CC2(S(=O)(=O)c3ccc(F)cc3)c3ccc(I)cc3CCC2N1. The molecule has 1 heterocycles. The van der Waals surface area contributed by atoms with Crippen molar-refractivity contribution in [2.75, 3.05) is 0 Å². The Kier molecular flexibility index (Phi) is 3.91. The topological polar surface area (TPSA) is 63.2 Å². The van der Waals surface area contributed by atoms with Crippen LogP contribution in [0.15, 0.2) is 47.4 Å². The number of hydrogen-bond acceptors (Lipinski definition) is 3. The maximum atomic E-state index is 13.6. The van der Waals surface area contributed by atoms with Crippen molar-refractivity contribution in [1.29, 1.82) is 0 Å². The minimum Gasteiger partial charge on any atom is -0.351 e. The number of nitrogens with one attached hydrogen (secondary N) is 1. The molecule has 1 aliphatic heterocycles. The summed E-state index contributed by atoms with van der Waals surface area (Å²) < 4.78 is 40.1. The van der Waals surface area contributed by atoms with E-state index < -0.39 is 26.4 Å². The highest BCUT2D eigenvalue weighted by Gasteiger charge is 2.59. The van der Waals surface area contributed by atoms with E-state index in [9.17, 15) is 17.6 Å². The zero-order valence-electron chi connectivity index (χ0n) is 13.1. The molecule has 1 aliphatic carbocycles. The molecule has 2 unspecified atom stereocenters. The van der Waals surface area contributed by atoms with E-state index in [1.54, 1.807) is 0 Å². The first-order chi connectivity index (χ1) is 11.8. The fourth-order valence-corrected chi connectivity index (χ4v) is 6.88. The number of halogens is 2. The summed E-state index contributed by atoms with van der Waals surface area (Å²) in [6.07, 6.45) is 1.18. The summed E-state index contributed by atoms with van der Waals surface area (Å²) >= 11 is 2.20. The number of carbonyl (C=O) groups is 1. The lowest BCUT2D eigenvalue weighted by Crippen LogP contribution is -2.49. The molecule has 0 spiro atoms. The van der Waals surface area contributed by atoms with Crippen molar-refractivity contribution in [2.24, 2.45) is 0 Å². The Hall–Kier alpha value is -1.48. The van der Waals surface area contributed by atoms with E-state index in [1.807, 2.05) is 18.2 Å². The highest BCUT2D eigenvalue weighted by molar-refractivity contribution is 14.1. The van der Waals surface area contributed by atoms with E-state index in [2.05, 4.69) is 27.9 Å². The lowest BCUT2D eigenvalue weighted by atomic mass is 9.79. The Bertz CT molecular complexity index is 974. The van der Waals surface area contributed by atoms with Crippen LogP contribution in [0.2, 0.25) is 0 Å². The Balaban J connectivity index is 1.98. The zero-order valence-corrected chi connectivity index (χ0v) is 16.1. The molecule has 0 bridgehead atoms. The minimum absolute atomic E-state index is 0.0433. The Labute approximate surface area is 158 Å². The first-order valence-corrected chi connectivity index (χ1v) is 10.5. The lowest BCUT2D eigenvalue weighted by Gasteiger charge is -2.39. The summed E-state index contributed by atoms with van der Waals surface area (Å²) in [4.78, 5) is 12.2. The van der Waals surface area contributed by atoms with Crippen LogP contribution >= 0.6 is 22.6 Å². The molecule has 130 valence electrons. The van der Waals surface area contributed by atoms with E-state index in [1.165, 1.54) is 12.1 Å². The van der Waals surface area contributed by atoms with E-state index in [-0.39, 0.29) is 17.2 Å². The molecule has 1 N–H and O–H groups in total. The number of fused-ring (bicyclic) bond motifs is 3. The van der Waals surface area contributed by atoms with E-state index in [0.29, 0.717) is 12.0 Å². The van der Waals surface area contributed by atoms with Crippen LogP contribution in [0.1, 0.15) is 24.0 Å². The number of hydrogen-bond donors (Lipinski definition) is 1. The van der Waals surface area contributed by atoms with E-state index >= 15 is 0 Å². The van der Waals surface area contributed by atoms with Gasteiger partial charge in [-0.25, -0.2) is 12.8 Å². The predicted octanol–water partition coefficient (Wildman–Crippen LogP) is 2.93. The third kappa shape index (κ3) is 2.43. The van der Waals surface area contributed by atoms with Gasteiger partial charge in [0.15, 0.2) is 9.84 Å². The van der Waals surface area contributed by atoms with Crippen molar-refractivity contribution in [3.8, 4) is 0 Å². The van der Waals surface area contributed by atoms with Gasteiger partial charge < -0.3 is 5.32 Å². The van der Waals surface area contributed by atoms with Crippen LogP contribution in [0.5, 0.6) is 0 Å². The first-order valence-electron chi connectivity index (χ1n) is 7.93. The van der Waals surface area contributed by atoms with Crippen molar-refractivity contribution < 1.29 is 17.6 Å². The fraction of sp³-hybridized carbons (Fsp3) is 0.278. The molecule has 1 fully saturated rings. The number of sulfone groups is 1. The summed E-state index contributed by atoms with van der Waals surface area (Å²) in [5, 5.41) is 2.85.